The van der Waals surface area contributed by atoms with E-state index in [0.717, 1.165) is 29.8 Å². The van der Waals surface area contributed by atoms with Crippen molar-refractivity contribution in [2.75, 3.05) is 0 Å². The second-order valence-electron chi connectivity index (χ2n) is 5.07. The van der Waals surface area contributed by atoms with Gasteiger partial charge in [0, 0.05) is 12.2 Å². The van der Waals surface area contributed by atoms with Crippen LogP contribution >= 0.6 is 0 Å². The Kier molecular flexibility index (Phi) is 5.13. The van der Waals surface area contributed by atoms with Gasteiger partial charge in [0.25, 0.3) is 0 Å². The minimum absolute atomic E-state index is 0.234. The van der Waals surface area contributed by atoms with Crippen LogP contribution in [-0.2, 0) is 13.0 Å². The molecule has 0 radical (unpaired) electrons. The summed E-state index contributed by atoms with van der Waals surface area (Å²) in [5.74, 6) is 0.865. The highest BCUT2D eigenvalue weighted by atomic mass is 16.5. The van der Waals surface area contributed by atoms with Gasteiger partial charge in [0.15, 0.2) is 0 Å². The molecule has 0 spiro atoms. The Morgan fingerprint density at radius 3 is 2.60 bits per heavy atom. The molecule has 1 unspecified atom stereocenters. The van der Waals surface area contributed by atoms with Crippen molar-refractivity contribution in [3.8, 4) is 5.75 Å². The Labute approximate surface area is 120 Å². The van der Waals surface area contributed by atoms with E-state index in [4.69, 9.17) is 10.5 Å². The summed E-state index contributed by atoms with van der Waals surface area (Å²) < 4.78 is 5.77. The fraction of sp³-hybridized carbons (Fsp3) is 0.353. The standard InChI is InChI=1S/C17H22N2O/c1-3-15(18)11-14-6-8-16(9-7-14)20-12-17-13(2)5-4-10-19-17/h4-10,15H,3,11-12,18H2,1-2H3. The summed E-state index contributed by atoms with van der Waals surface area (Å²) in [6.07, 6.45) is 3.70. The second kappa shape index (κ2) is 7.06. The quantitative estimate of drug-likeness (QED) is 0.876. The van der Waals surface area contributed by atoms with Crippen LogP contribution in [0.5, 0.6) is 5.75 Å². The third kappa shape index (κ3) is 4.07. The molecule has 106 valence electrons. The number of hydrogen-bond donors (Lipinski definition) is 1. The number of nitrogens with zero attached hydrogens (tertiary/aromatic N) is 1. The van der Waals surface area contributed by atoms with Crippen LogP contribution in [-0.4, -0.2) is 11.0 Å². The van der Waals surface area contributed by atoms with E-state index in [1.165, 1.54) is 5.56 Å². The van der Waals surface area contributed by atoms with Crippen LogP contribution in [0, 0.1) is 6.92 Å². The van der Waals surface area contributed by atoms with E-state index in [9.17, 15) is 0 Å². The van der Waals surface area contributed by atoms with Gasteiger partial charge >= 0.3 is 0 Å². The summed E-state index contributed by atoms with van der Waals surface area (Å²) in [5.41, 5.74) is 9.33. The number of aryl methyl sites for hydroxylation is 1. The molecule has 1 aromatic heterocycles. The number of aromatic nitrogens is 1. The van der Waals surface area contributed by atoms with Gasteiger partial charge in [-0.05, 0) is 49.1 Å². The van der Waals surface area contributed by atoms with Gasteiger partial charge < -0.3 is 10.5 Å². The maximum absolute atomic E-state index is 5.95. The SMILES string of the molecule is CCC(N)Cc1ccc(OCc2ncccc2C)cc1. The van der Waals surface area contributed by atoms with Crippen molar-refractivity contribution in [2.24, 2.45) is 5.73 Å². The molecule has 2 aromatic rings. The lowest BCUT2D eigenvalue weighted by atomic mass is 10.0. The number of benzene rings is 1. The molecular weight excluding hydrogens is 248 g/mol. The molecule has 2 rings (SSSR count). The van der Waals surface area contributed by atoms with Gasteiger partial charge in [0.05, 0.1) is 5.69 Å². The summed E-state index contributed by atoms with van der Waals surface area (Å²) >= 11 is 0. The van der Waals surface area contributed by atoms with Gasteiger partial charge in [0.2, 0.25) is 0 Å². The van der Waals surface area contributed by atoms with Gasteiger partial charge in [-0.1, -0.05) is 25.1 Å². The Hall–Kier alpha value is -1.87. The molecule has 3 heteroatoms. The van der Waals surface area contributed by atoms with E-state index < -0.39 is 0 Å². The Morgan fingerprint density at radius 2 is 1.95 bits per heavy atom. The van der Waals surface area contributed by atoms with E-state index in [-0.39, 0.29) is 6.04 Å². The molecule has 0 aliphatic rings. The zero-order valence-electron chi connectivity index (χ0n) is 12.2. The number of hydrogen-bond acceptors (Lipinski definition) is 3. The monoisotopic (exact) mass is 270 g/mol. The first-order valence-corrected chi connectivity index (χ1v) is 7.07. The van der Waals surface area contributed by atoms with Crippen molar-refractivity contribution in [3.63, 3.8) is 0 Å². The summed E-state index contributed by atoms with van der Waals surface area (Å²) in [6.45, 7) is 4.65. The molecule has 1 aromatic carbocycles. The zero-order chi connectivity index (χ0) is 14.4. The van der Waals surface area contributed by atoms with Crippen molar-refractivity contribution in [1.82, 2.24) is 4.98 Å². The Bertz CT molecular complexity index is 537. The Balaban J connectivity index is 1.92. The highest BCUT2D eigenvalue weighted by Crippen LogP contribution is 2.15. The van der Waals surface area contributed by atoms with E-state index in [2.05, 4.69) is 24.0 Å². The second-order valence-corrected chi connectivity index (χ2v) is 5.07. The highest BCUT2D eigenvalue weighted by molar-refractivity contribution is 5.28. The average molecular weight is 270 g/mol. The zero-order valence-corrected chi connectivity index (χ0v) is 12.2. The van der Waals surface area contributed by atoms with Gasteiger partial charge in [0.1, 0.15) is 12.4 Å². The van der Waals surface area contributed by atoms with Crippen LogP contribution in [0.1, 0.15) is 30.2 Å². The molecule has 0 saturated carbocycles. The molecule has 20 heavy (non-hydrogen) atoms. The summed E-state index contributed by atoms with van der Waals surface area (Å²) in [4.78, 5) is 4.32. The average Bonchev–Trinajstić information content (AvgIpc) is 2.48. The molecule has 0 fully saturated rings. The van der Waals surface area contributed by atoms with Gasteiger partial charge in [-0.2, -0.15) is 0 Å². The van der Waals surface area contributed by atoms with Crippen molar-refractivity contribution >= 4 is 0 Å². The van der Waals surface area contributed by atoms with Crippen LogP contribution in [0.25, 0.3) is 0 Å². The smallest absolute Gasteiger partial charge is 0.130 e. The molecule has 1 atom stereocenters. The molecule has 1 heterocycles. The van der Waals surface area contributed by atoms with Crippen molar-refractivity contribution in [2.45, 2.75) is 39.3 Å². The van der Waals surface area contributed by atoms with Crippen molar-refractivity contribution in [1.29, 1.82) is 0 Å². The van der Waals surface area contributed by atoms with E-state index in [1.807, 2.05) is 31.2 Å². The number of rotatable bonds is 6. The van der Waals surface area contributed by atoms with Gasteiger partial charge in [-0.25, -0.2) is 0 Å². The predicted molar refractivity (Wildman–Crippen MR) is 81.7 cm³/mol. The molecule has 0 amide bonds. The number of nitrogens with two attached hydrogens (primary N) is 1. The highest BCUT2D eigenvalue weighted by Gasteiger charge is 2.03. The lowest BCUT2D eigenvalue weighted by molar-refractivity contribution is 0.300. The first-order chi connectivity index (χ1) is 9.69. The van der Waals surface area contributed by atoms with Crippen LogP contribution in [0.3, 0.4) is 0 Å². The minimum atomic E-state index is 0.234. The first-order valence-electron chi connectivity index (χ1n) is 7.07. The summed E-state index contributed by atoms with van der Waals surface area (Å²) in [5, 5.41) is 0. The number of ether oxygens (including phenoxy) is 1. The molecule has 3 nitrogen and oxygen atoms in total. The maximum atomic E-state index is 5.95. The largest absolute Gasteiger partial charge is 0.487 e. The van der Waals surface area contributed by atoms with Crippen molar-refractivity contribution < 1.29 is 4.74 Å². The molecular formula is C17H22N2O. The predicted octanol–water partition coefficient (Wildman–Crippen LogP) is 3.25. The van der Waals surface area contributed by atoms with E-state index >= 15 is 0 Å². The van der Waals surface area contributed by atoms with E-state index in [0.29, 0.717) is 6.61 Å². The molecule has 0 aliphatic carbocycles. The molecule has 0 saturated heterocycles. The first kappa shape index (κ1) is 14.5. The van der Waals surface area contributed by atoms with Crippen LogP contribution in [0.15, 0.2) is 42.6 Å². The fourth-order valence-corrected chi connectivity index (χ4v) is 1.99. The van der Waals surface area contributed by atoms with Crippen LogP contribution < -0.4 is 10.5 Å². The lowest BCUT2D eigenvalue weighted by Crippen LogP contribution is -2.21. The molecule has 0 aliphatic heterocycles. The summed E-state index contributed by atoms with van der Waals surface area (Å²) in [7, 11) is 0. The minimum Gasteiger partial charge on any atom is -0.487 e. The normalized spacial score (nSPS) is 12.2. The van der Waals surface area contributed by atoms with Crippen LogP contribution in [0.4, 0.5) is 0 Å². The van der Waals surface area contributed by atoms with E-state index in [1.54, 1.807) is 6.20 Å². The van der Waals surface area contributed by atoms with Gasteiger partial charge in [-0.3, -0.25) is 4.98 Å². The topological polar surface area (TPSA) is 48.1 Å². The number of pyridine rings is 1. The third-order valence-electron chi connectivity index (χ3n) is 3.44. The Morgan fingerprint density at radius 1 is 1.20 bits per heavy atom. The maximum Gasteiger partial charge on any atom is 0.130 e. The van der Waals surface area contributed by atoms with Crippen LogP contribution in [0.2, 0.25) is 0 Å². The fourth-order valence-electron chi connectivity index (χ4n) is 1.99. The lowest BCUT2D eigenvalue weighted by Gasteiger charge is -2.10. The third-order valence-corrected chi connectivity index (χ3v) is 3.44. The molecule has 2 N–H and O–H groups in total. The molecule has 0 bridgehead atoms. The van der Waals surface area contributed by atoms with Crippen molar-refractivity contribution in [3.05, 3.63) is 59.4 Å². The van der Waals surface area contributed by atoms with Gasteiger partial charge in [-0.15, -0.1) is 0 Å². The summed E-state index contributed by atoms with van der Waals surface area (Å²) in [6, 6.07) is 12.4.